The third-order valence-electron chi connectivity index (χ3n) is 0.815. The number of carbonyl (C=O) groups excluding carboxylic acids is 1. The first-order valence-electron chi connectivity index (χ1n) is 2.83. The van der Waals surface area contributed by atoms with Gasteiger partial charge < -0.3 is 5.32 Å². The van der Waals surface area contributed by atoms with Crippen molar-refractivity contribution in [2.75, 3.05) is 12.8 Å². The van der Waals surface area contributed by atoms with E-state index in [1.807, 2.05) is 14.0 Å². The summed E-state index contributed by atoms with van der Waals surface area (Å²) < 4.78 is 0. The van der Waals surface area contributed by atoms with Crippen LogP contribution in [-0.4, -0.2) is 24.7 Å². The average Bonchev–Trinajstić information content (AvgIpc) is 1.88. The van der Waals surface area contributed by atoms with E-state index in [1.54, 1.807) is 11.8 Å². The predicted molar refractivity (Wildman–Crippen MR) is 40.2 cm³/mol. The summed E-state index contributed by atoms with van der Waals surface area (Å²) >= 11 is 1.65. The molecule has 3 nitrogen and oxygen atoms in total. The molecule has 0 aromatic rings. The standard InChI is InChI=1S/C5H12N2OS/c1-3-9-5(6-2)7-4-8/h4-6H,3H2,1-2H3,(H,7,8). The molecular formula is C5H12N2OS. The van der Waals surface area contributed by atoms with Crippen molar-refractivity contribution in [3.63, 3.8) is 0 Å². The minimum Gasteiger partial charge on any atom is -0.334 e. The Bertz CT molecular complexity index is 79.4. The number of thioether (sulfide) groups is 1. The summed E-state index contributed by atoms with van der Waals surface area (Å²) in [6.07, 6.45) is 0.698. The second-order valence-electron chi connectivity index (χ2n) is 1.41. The second kappa shape index (κ2) is 5.91. The van der Waals surface area contributed by atoms with Crippen LogP contribution in [0.2, 0.25) is 0 Å². The molecule has 0 spiro atoms. The molecule has 4 heteroatoms. The van der Waals surface area contributed by atoms with Crippen LogP contribution >= 0.6 is 11.8 Å². The lowest BCUT2D eigenvalue weighted by Gasteiger charge is -2.11. The molecule has 0 radical (unpaired) electrons. The number of hydrogen-bond donors (Lipinski definition) is 2. The minimum absolute atomic E-state index is 0.0625. The average molecular weight is 148 g/mol. The van der Waals surface area contributed by atoms with Crippen LogP contribution in [0.3, 0.4) is 0 Å². The van der Waals surface area contributed by atoms with Gasteiger partial charge in [-0.15, -0.1) is 11.8 Å². The molecule has 2 N–H and O–H groups in total. The highest BCUT2D eigenvalue weighted by Crippen LogP contribution is 2.01. The lowest BCUT2D eigenvalue weighted by molar-refractivity contribution is -0.109. The smallest absolute Gasteiger partial charge is 0.208 e. The first-order valence-corrected chi connectivity index (χ1v) is 3.88. The molecule has 1 atom stereocenters. The zero-order valence-electron chi connectivity index (χ0n) is 5.68. The Kier molecular flexibility index (Phi) is 5.76. The van der Waals surface area contributed by atoms with E-state index in [2.05, 4.69) is 10.6 Å². The minimum atomic E-state index is 0.0625. The van der Waals surface area contributed by atoms with Crippen molar-refractivity contribution in [2.24, 2.45) is 0 Å². The summed E-state index contributed by atoms with van der Waals surface area (Å²) in [6, 6.07) is 0. The maximum Gasteiger partial charge on any atom is 0.208 e. The fourth-order valence-electron chi connectivity index (χ4n) is 0.443. The molecular weight excluding hydrogens is 136 g/mol. The fourth-order valence-corrected chi connectivity index (χ4v) is 1.10. The van der Waals surface area contributed by atoms with Crippen molar-refractivity contribution in [2.45, 2.75) is 12.4 Å². The molecule has 9 heavy (non-hydrogen) atoms. The molecule has 0 rings (SSSR count). The highest BCUT2D eigenvalue weighted by atomic mass is 32.2. The molecule has 0 heterocycles. The Balaban J connectivity index is 3.28. The van der Waals surface area contributed by atoms with Crippen LogP contribution in [0.4, 0.5) is 0 Å². The van der Waals surface area contributed by atoms with Crippen LogP contribution in [0, 0.1) is 0 Å². The number of hydrogen-bond acceptors (Lipinski definition) is 3. The molecule has 54 valence electrons. The van der Waals surface area contributed by atoms with Gasteiger partial charge in [0.15, 0.2) is 0 Å². The highest BCUT2D eigenvalue weighted by Gasteiger charge is 1.99. The van der Waals surface area contributed by atoms with Crippen LogP contribution in [-0.2, 0) is 4.79 Å². The van der Waals surface area contributed by atoms with Gasteiger partial charge in [-0.3, -0.25) is 10.1 Å². The van der Waals surface area contributed by atoms with Gasteiger partial charge in [0.2, 0.25) is 6.41 Å². The molecule has 0 aliphatic carbocycles. The van der Waals surface area contributed by atoms with Crippen LogP contribution in [0.5, 0.6) is 0 Å². The Morgan fingerprint density at radius 2 is 2.44 bits per heavy atom. The lowest BCUT2D eigenvalue weighted by atomic mass is 11.0. The normalized spacial score (nSPS) is 12.7. The first-order chi connectivity index (χ1) is 4.35. The second-order valence-corrected chi connectivity index (χ2v) is 2.79. The van der Waals surface area contributed by atoms with Gasteiger partial charge in [-0.25, -0.2) is 0 Å². The van der Waals surface area contributed by atoms with Gasteiger partial charge in [-0.2, -0.15) is 0 Å². The molecule has 0 saturated carbocycles. The van der Waals surface area contributed by atoms with Crippen molar-refractivity contribution in [1.29, 1.82) is 0 Å². The molecule has 0 aliphatic rings. The van der Waals surface area contributed by atoms with Gasteiger partial charge >= 0.3 is 0 Å². The third-order valence-corrected chi connectivity index (χ3v) is 1.85. The van der Waals surface area contributed by atoms with E-state index < -0.39 is 0 Å². The number of nitrogens with one attached hydrogen (secondary N) is 2. The van der Waals surface area contributed by atoms with Crippen LogP contribution in [0.1, 0.15) is 6.92 Å². The zero-order chi connectivity index (χ0) is 7.11. The van der Waals surface area contributed by atoms with Crippen molar-refractivity contribution in [3.8, 4) is 0 Å². The van der Waals surface area contributed by atoms with Gasteiger partial charge in [0.25, 0.3) is 0 Å². The molecule has 0 aromatic carbocycles. The number of amides is 1. The topological polar surface area (TPSA) is 41.1 Å². The summed E-state index contributed by atoms with van der Waals surface area (Å²) in [4.78, 5) is 9.88. The van der Waals surface area contributed by atoms with E-state index in [0.717, 1.165) is 5.75 Å². The summed E-state index contributed by atoms with van der Waals surface area (Å²) in [7, 11) is 1.81. The van der Waals surface area contributed by atoms with Gasteiger partial charge in [-0.05, 0) is 12.8 Å². The van der Waals surface area contributed by atoms with E-state index in [-0.39, 0.29) is 5.50 Å². The van der Waals surface area contributed by atoms with Gasteiger partial charge in [-0.1, -0.05) is 6.92 Å². The monoisotopic (exact) mass is 148 g/mol. The summed E-state index contributed by atoms with van der Waals surface area (Å²) in [5, 5.41) is 5.53. The van der Waals surface area contributed by atoms with E-state index >= 15 is 0 Å². The Hall–Kier alpha value is -0.220. The largest absolute Gasteiger partial charge is 0.334 e. The summed E-state index contributed by atoms with van der Waals surface area (Å²) in [6.45, 7) is 2.04. The fraction of sp³-hybridized carbons (Fsp3) is 0.800. The first kappa shape index (κ1) is 8.78. The summed E-state index contributed by atoms with van der Waals surface area (Å²) in [5.41, 5.74) is 0.0625. The quantitative estimate of drug-likeness (QED) is 0.425. The SMILES string of the molecule is CCSC(NC)NC=O. The Morgan fingerprint density at radius 1 is 1.78 bits per heavy atom. The maximum absolute atomic E-state index is 9.88. The van der Waals surface area contributed by atoms with Gasteiger partial charge in [0, 0.05) is 0 Å². The molecule has 0 fully saturated rings. The van der Waals surface area contributed by atoms with E-state index in [9.17, 15) is 4.79 Å². The van der Waals surface area contributed by atoms with Gasteiger partial charge in [0.1, 0.15) is 5.50 Å². The van der Waals surface area contributed by atoms with E-state index in [4.69, 9.17) is 0 Å². The molecule has 0 aromatic heterocycles. The Labute approximate surface area is 59.6 Å². The van der Waals surface area contributed by atoms with E-state index in [1.165, 1.54) is 0 Å². The predicted octanol–water partition coefficient (Wildman–Crippen LogP) is -0.0115. The highest BCUT2D eigenvalue weighted by molar-refractivity contribution is 7.99. The van der Waals surface area contributed by atoms with Crippen LogP contribution < -0.4 is 10.6 Å². The molecule has 1 amide bonds. The van der Waals surface area contributed by atoms with E-state index in [0.29, 0.717) is 6.41 Å². The van der Waals surface area contributed by atoms with Crippen LogP contribution in [0.25, 0.3) is 0 Å². The molecule has 0 bridgehead atoms. The molecule has 1 unspecified atom stereocenters. The third kappa shape index (κ3) is 4.29. The maximum atomic E-state index is 9.88. The van der Waals surface area contributed by atoms with Crippen molar-refractivity contribution >= 4 is 18.2 Å². The van der Waals surface area contributed by atoms with Crippen LogP contribution in [0.15, 0.2) is 0 Å². The number of rotatable bonds is 5. The molecule has 0 saturated heterocycles. The molecule has 0 aliphatic heterocycles. The summed E-state index contributed by atoms with van der Waals surface area (Å²) in [5.74, 6) is 0.992. The lowest BCUT2D eigenvalue weighted by Crippen LogP contribution is -2.36. The van der Waals surface area contributed by atoms with Crippen molar-refractivity contribution in [1.82, 2.24) is 10.6 Å². The Morgan fingerprint density at radius 3 is 2.78 bits per heavy atom. The van der Waals surface area contributed by atoms with Gasteiger partial charge in [0.05, 0.1) is 0 Å². The van der Waals surface area contributed by atoms with Crippen molar-refractivity contribution in [3.05, 3.63) is 0 Å². The van der Waals surface area contributed by atoms with Crippen molar-refractivity contribution < 1.29 is 4.79 Å². The number of carbonyl (C=O) groups is 1. The zero-order valence-corrected chi connectivity index (χ0v) is 6.49.